The van der Waals surface area contributed by atoms with Gasteiger partial charge in [0.15, 0.2) is 0 Å². The van der Waals surface area contributed by atoms with Gasteiger partial charge in [0.05, 0.1) is 12.5 Å². The van der Waals surface area contributed by atoms with Crippen molar-refractivity contribution in [3.63, 3.8) is 0 Å². The monoisotopic (exact) mass is 241 g/mol. The molecule has 0 aromatic carbocycles. The van der Waals surface area contributed by atoms with Crippen LogP contribution in [0.4, 0.5) is 0 Å². The van der Waals surface area contributed by atoms with Crippen molar-refractivity contribution in [2.24, 2.45) is 11.3 Å². The molecule has 0 saturated carbocycles. The number of ether oxygens (including phenoxy) is 2. The Morgan fingerprint density at radius 1 is 1.41 bits per heavy atom. The number of rotatable bonds is 1. The largest absolute Gasteiger partial charge is 0.460 e. The Morgan fingerprint density at radius 2 is 2.18 bits per heavy atom. The van der Waals surface area contributed by atoms with Gasteiger partial charge in [0.25, 0.3) is 0 Å². The fourth-order valence-electron chi connectivity index (χ4n) is 2.78. The molecule has 2 unspecified atom stereocenters. The van der Waals surface area contributed by atoms with Gasteiger partial charge < -0.3 is 14.8 Å². The molecule has 2 aliphatic heterocycles. The van der Waals surface area contributed by atoms with Crippen LogP contribution < -0.4 is 5.32 Å². The van der Waals surface area contributed by atoms with Crippen molar-refractivity contribution >= 4 is 5.97 Å². The highest BCUT2D eigenvalue weighted by molar-refractivity contribution is 5.74. The summed E-state index contributed by atoms with van der Waals surface area (Å²) >= 11 is 0. The second-order valence-electron chi connectivity index (χ2n) is 6.21. The van der Waals surface area contributed by atoms with Crippen molar-refractivity contribution in [3.8, 4) is 0 Å². The molecule has 2 rings (SSSR count). The van der Waals surface area contributed by atoms with Crippen LogP contribution in [0, 0.1) is 11.3 Å². The first-order valence-electron chi connectivity index (χ1n) is 6.44. The summed E-state index contributed by atoms with van der Waals surface area (Å²) < 4.78 is 11.0. The van der Waals surface area contributed by atoms with Gasteiger partial charge in [-0.25, -0.2) is 0 Å². The lowest BCUT2D eigenvalue weighted by Gasteiger charge is -2.40. The van der Waals surface area contributed by atoms with E-state index in [0.717, 1.165) is 32.5 Å². The highest BCUT2D eigenvalue weighted by atomic mass is 16.6. The van der Waals surface area contributed by atoms with Gasteiger partial charge >= 0.3 is 5.97 Å². The van der Waals surface area contributed by atoms with Crippen molar-refractivity contribution in [1.82, 2.24) is 5.32 Å². The quantitative estimate of drug-likeness (QED) is 0.704. The summed E-state index contributed by atoms with van der Waals surface area (Å²) in [5.74, 6) is -0.131. The average Bonchev–Trinajstić information content (AvgIpc) is 2.65. The predicted molar refractivity (Wildman–Crippen MR) is 64.7 cm³/mol. The molecule has 17 heavy (non-hydrogen) atoms. The zero-order chi connectivity index (χ0) is 12.5. The van der Waals surface area contributed by atoms with E-state index >= 15 is 0 Å². The van der Waals surface area contributed by atoms with Crippen LogP contribution in [0.1, 0.15) is 33.6 Å². The molecule has 1 spiro atoms. The van der Waals surface area contributed by atoms with E-state index in [1.54, 1.807) is 0 Å². The molecular weight excluding hydrogens is 218 g/mol. The molecule has 4 heteroatoms. The summed E-state index contributed by atoms with van der Waals surface area (Å²) in [6.45, 7) is 8.93. The number of esters is 1. The highest BCUT2D eigenvalue weighted by Gasteiger charge is 2.48. The van der Waals surface area contributed by atoms with Gasteiger partial charge in [-0.05, 0) is 40.2 Å². The van der Waals surface area contributed by atoms with Crippen molar-refractivity contribution in [2.45, 2.75) is 39.2 Å². The molecule has 4 nitrogen and oxygen atoms in total. The second kappa shape index (κ2) is 4.58. The minimum absolute atomic E-state index is 0.0214. The maximum atomic E-state index is 12.3. The Labute approximate surface area is 103 Å². The molecule has 98 valence electrons. The topological polar surface area (TPSA) is 47.6 Å². The molecule has 2 fully saturated rings. The Morgan fingerprint density at radius 3 is 2.76 bits per heavy atom. The first-order chi connectivity index (χ1) is 7.93. The van der Waals surface area contributed by atoms with Gasteiger partial charge in [-0.3, -0.25) is 4.79 Å². The summed E-state index contributed by atoms with van der Waals surface area (Å²) in [4.78, 5) is 12.3. The van der Waals surface area contributed by atoms with E-state index in [-0.39, 0.29) is 17.3 Å². The normalized spacial score (nSPS) is 33.9. The molecule has 2 heterocycles. The van der Waals surface area contributed by atoms with E-state index in [1.165, 1.54) is 0 Å². The molecule has 2 saturated heterocycles. The minimum Gasteiger partial charge on any atom is -0.460 e. The molecule has 0 amide bonds. The zero-order valence-corrected chi connectivity index (χ0v) is 11.0. The molecule has 1 N–H and O–H groups in total. The van der Waals surface area contributed by atoms with Crippen LogP contribution in [-0.4, -0.2) is 37.9 Å². The average molecular weight is 241 g/mol. The molecule has 2 atom stereocenters. The lowest BCUT2D eigenvalue weighted by Crippen LogP contribution is -2.50. The molecule has 0 aromatic rings. The fourth-order valence-corrected chi connectivity index (χ4v) is 2.78. The fraction of sp³-hybridized carbons (Fsp3) is 0.923. The van der Waals surface area contributed by atoms with E-state index in [0.29, 0.717) is 6.61 Å². The number of hydrogen-bond acceptors (Lipinski definition) is 4. The smallest absolute Gasteiger partial charge is 0.311 e. The Hall–Kier alpha value is -0.610. The standard InChI is InChI=1S/C13H23NO3/c1-12(2,3)17-11(15)10-8-14-6-4-13(10)5-7-16-9-13/h10,14H,4-9H2,1-3H3. The predicted octanol–water partition coefficient (Wildman–Crippen LogP) is 1.34. The minimum atomic E-state index is -0.408. The van der Waals surface area contributed by atoms with E-state index in [9.17, 15) is 4.79 Å². The first kappa shape index (κ1) is 12.8. The summed E-state index contributed by atoms with van der Waals surface area (Å²) in [6.07, 6.45) is 2.00. The number of hydrogen-bond donors (Lipinski definition) is 1. The van der Waals surface area contributed by atoms with Crippen molar-refractivity contribution < 1.29 is 14.3 Å². The third-order valence-corrected chi connectivity index (χ3v) is 3.71. The van der Waals surface area contributed by atoms with Gasteiger partial charge in [-0.2, -0.15) is 0 Å². The first-order valence-corrected chi connectivity index (χ1v) is 6.44. The van der Waals surface area contributed by atoms with Gasteiger partial charge in [0.2, 0.25) is 0 Å². The summed E-state index contributed by atoms with van der Waals surface area (Å²) in [5, 5.41) is 3.30. The Balaban J connectivity index is 2.08. The van der Waals surface area contributed by atoms with Crippen LogP contribution in [0.2, 0.25) is 0 Å². The van der Waals surface area contributed by atoms with E-state index in [2.05, 4.69) is 5.32 Å². The lowest BCUT2D eigenvalue weighted by molar-refractivity contribution is -0.166. The second-order valence-corrected chi connectivity index (χ2v) is 6.21. The molecule has 0 bridgehead atoms. The zero-order valence-electron chi connectivity index (χ0n) is 11.0. The van der Waals surface area contributed by atoms with Crippen molar-refractivity contribution in [1.29, 1.82) is 0 Å². The van der Waals surface area contributed by atoms with Crippen LogP contribution in [0.5, 0.6) is 0 Å². The van der Waals surface area contributed by atoms with Crippen LogP contribution in [-0.2, 0) is 14.3 Å². The summed E-state index contributed by atoms with van der Waals surface area (Å²) in [5.41, 5.74) is -0.386. The van der Waals surface area contributed by atoms with Gasteiger partial charge in [0.1, 0.15) is 5.60 Å². The Kier molecular flexibility index (Phi) is 3.46. The van der Waals surface area contributed by atoms with E-state index < -0.39 is 5.60 Å². The van der Waals surface area contributed by atoms with Gasteiger partial charge in [-0.15, -0.1) is 0 Å². The molecule has 0 aliphatic carbocycles. The number of nitrogens with one attached hydrogen (secondary N) is 1. The van der Waals surface area contributed by atoms with Crippen molar-refractivity contribution in [2.75, 3.05) is 26.3 Å². The molecular formula is C13H23NO3. The number of carbonyl (C=O) groups excluding carboxylic acids is 1. The van der Waals surface area contributed by atoms with Crippen LogP contribution in [0.15, 0.2) is 0 Å². The number of piperidine rings is 1. The van der Waals surface area contributed by atoms with E-state index in [1.807, 2.05) is 20.8 Å². The SMILES string of the molecule is CC(C)(C)OC(=O)C1CNCCC12CCOC2. The Bertz CT molecular complexity index is 290. The van der Waals surface area contributed by atoms with Crippen LogP contribution in [0.25, 0.3) is 0 Å². The summed E-state index contributed by atoms with van der Waals surface area (Å²) in [6, 6.07) is 0. The molecule has 2 aliphatic rings. The van der Waals surface area contributed by atoms with E-state index in [4.69, 9.17) is 9.47 Å². The third-order valence-electron chi connectivity index (χ3n) is 3.71. The highest BCUT2D eigenvalue weighted by Crippen LogP contribution is 2.42. The van der Waals surface area contributed by atoms with Crippen LogP contribution in [0.3, 0.4) is 0 Å². The van der Waals surface area contributed by atoms with Crippen LogP contribution >= 0.6 is 0 Å². The maximum absolute atomic E-state index is 12.3. The van der Waals surface area contributed by atoms with Crippen molar-refractivity contribution in [3.05, 3.63) is 0 Å². The third kappa shape index (κ3) is 2.80. The van der Waals surface area contributed by atoms with Gasteiger partial charge in [0, 0.05) is 18.6 Å². The lowest BCUT2D eigenvalue weighted by atomic mass is 9.70. The van der Waals surface area contributed by atoms with Gasteiger partial charge in [-0.1, -0.05) is 0 Å². The number of carbonyl (C=O) groups is 1. The molecule has 0 aromatic heterocycles. The molecule has 0 radical (unpaired) electrons. The maximum Gasteiger partial charge on any atom is 0.311 e. The summed E-state index contributed by atoms with van der Waals surface area (Å²) in [7, 11) is 0.